The molecule has 0 saturated carbocycles. The van der Waals surface area contributed by atoms with Crippen LogP contribution < -0.4 is 5.43 Å². The van der Waals surface area contributed by atoms with E-state index in [-0.39, 0.29) is 0 Å². The first kappa shape index (κ1) is 11.5. The van der Waals surface area contributed by atoms with E-state index in [1.54, 1.807) is 0 Å². The van der Waals surface area contributed by atoms with Crippen LogP contribution in [0.15, 0.2) is 5.11 Å². The molecule has 0 aromatic carbocycles. The molecule has 1 unspecified atom stereocenters. The SMILES string of the molecule is CCCCC(C)(N=[N+]=[N-])N[N+](=O)[O-]. The second kappa shape index (κ2) is 5.21. The first-order chi connectivity index (χ1) is 6.04. The molecule has 0 amide bonds. The van der Waals surface area contributed by atoms with E-state index in [0.717, 1.165) is 12.8 Å². The van der Waals surface area contributed by atoms with Gasteiger partial charge in [0.15, 0.2) is 10.7 Å². The Bertz CT molecular complexity index is 225. The van der Waals surface area contributed by atoms with Crippen LogP contribution in [0.25, 0.3) is 10.4 Å². The summed E-state index contributed by atoms with van der Waals surface area (Å²) in [7, 11) is 0. The van der Waals surface area contributed by atoms with Gasteiger partial charge in [-0.2, -0.15) is 0 Å². The summed E-state index contributed by atoms with van der Waals surface area (Å²) < 4.78 is 0. The number of nitro groups is 1. The molecule has 1 atom stereocenters. The Morgan fingerprint density at radius 1 is 1.77 bits per heavy atom. The summed E-state index contributed by atoms with van der Waals surface area (Å²) in [6.07, 6.45) is 2.13. The summed E-state index contributed by atoms with van der Waals surface area (Å²) in [6, 6.07) is 0. The third-order valence-corrected chi connectivity index (χ3v) is 1.61. The predicted molar refractivity (Wildman–Crippen MR) is 47.2 cm³/mol. The Hall–Kier alpha value is -1.49. The Morgan fingerprint density at radius 3 is 2.77 bits per heavy atom. The van der Waals surface area contributed by atoms with Crippen LogP contribution in [0.5, 0.6) is 0 Å². The van der Waals surface area contributed by atoms with Gasteiger partial charge in [-0.05, 0) is 18.9 Å². The highest BCUT2D eigenvalue weighted by Gasteiger charge is 2.26. The highest BCUT2D eigenvalue weighted by atomic mass is 16.7. The minimum atomic E-state index is -1.12. The molecule has 0 fully saturated rings. The number of nitrogens with zero attached hydrogens (tertiary/aromatic N) is 4. The number of nitrogens with one attached hydrogen (secondary N) is 1. The van der Waals surface area contributed by atoms with Gasteiger partial charge in [-0.15, -0.1) is 5.43 Å². The van der Waals surface area contributed by atoms with Crippen LogP contribution in [0, 0.1) is 10.1 Å². The van der Waals surface area contributed by atoms with Gasteiger partial charge in [0.1, 0.15) is 0 Å². The van der Waals surface area contributed by atoms with Crippen molar-refractivity contribution in [3.05, 3.63) is 20.6 Å². The monoisotopic (exact) mass is 187 g/mol. The lowest BCUT2D eigenvalue weighted by molar-refractivity contribution is -0.559. The average molecular weight is 187 g/mol. The largest absolute Gasteiger partial charge is 0.235 e. The van der Waals surface area contributed by atoms with Crippen LogP contribution in [0.1, 0.15) is 33.1 Å². The minimum Gasteiger partial charge on any atom is -0.235 e. The average Bonchev–Trinajstić information content (AvgIpc) is 2.00. The summed E-state index contributed by atoms with van der Waals surface area (Å²) >= 11 is 0. The number of hydrogen-bond donors (Lipinski definition) is 1. The summed E-state index contributed by atoms with van der Waals surface area (Å²) in [4.78, 5) is 12.7. The van der Waals surface area contributed by atoms with Crippen LogP contribution in [0.4, 0.5) is 0 Å². The van der Waals surface area contributed by atoms with Crippen molar-refractivity contribution in [2.45, 2.75) is 38.8 Å². The Kier molecular flexibility index (Phi) is 4.61. The zero-order valence-corrected chi connectivity index (χ0v) is 7.73. The first-order valence-corrected chi connectivity index (χ1v) is 4.02. The van der Waals surface area contributed by atoms with Crippen molar-refractivity contribution in [1.29, 1.82) is 0 Å². The summed E-state index contributed by atoms with van der Waals surface area (Å²) in [5, 5.41) is 12.8. The zero-order chi connectivity index (χ0) is 10.3. The fourth-order valence-corrected chi connectivity index (χ4v) is 0.945. The summed E-state index contributed by atoms with van der Waals surface area (Å²) in [5.74, 6) is 0. The Labute approximate surface area is 75.9 Å². The van der Waals surface area contributed by atoms with E-state index in [1.807, 2.05) is 12.3 Å². The van der Waals surface area contributed by atoms with E-state index in [1.165, 1.54) is 6.92 Å². The van der Waals surface area contributed by atoms with Gasteiger partial charge in [-0.3, -0.25) is 0 Å². The molecule has 0 aliphatic rings. The molecule has 0 aromatic heterocycles. The van der Waals surface area contributed by atoms with Gasteiger partial charge < -0.3 is 0 Å². The molecule has 0 heterocycles. The lowest BCUT2D eigenvalue weighted by atomic mass is 10.1. The van der Waals surface area contributed by atoms with Gasteiger partial charge in [-0.25, -0.2) is 10.1 Å². The molecular weight excluding hydrogens is 174 g/mol. The Morgan fingerprint density at radius 2 is 2.38 bits per heavy atom. The molecule has 7 nitrogen and oxygen atoms in total. The second-order valence-electron chi connectivity index (χ2n) is 2.94. The lowest BCUT2D eigenvalue weighted by Gasteiger charge is -2.19. The van der Waals surface area contributed by atoms with Crippen LogP contribution in [0.3, 0.4) is 0 Å². The molecule has 74 valence electrons. The van der Waals surface area contributed by atoms with Crippen molar-refractivity contribution in [3.63, 3.8) is 0 Å². The number of azide groups is 1. The van der Waals surface area contributed by atoms with Crippen LogP contribution in [-0.4, -0.2) is 10.7 Å². The highest BCUT2D eigenvalue weighted by molar-refractivity contribution is 4.76. The lowest BCUT2D eigenvalue weighted by Crippen LogP contribution is -2.43. The van der Waals surface area contributed by atoms with E-state index in [4.69, 9.17) is 5.53 Å². The standard InChI is InChI=1S/C6H13N5O2/c1-3-4-5-6(2,8-10-7)9-11(12)13/h9H,3-5H2,1-2H3. The van der Waals surface area contributed by atoms with E-state index in [0.29, 0.717) is 6.42 Å². The van der Waals surface area contributed by atoms with E-state index >= 15 is 0 Å². The Balaban J connectivity index is 4.32. The van der Waals surface area contributed by atoms with Crippen molar-refractivity contribution in [2.24, 2.45) is 5.11 Å². The maximum Gasteiger partial charge on any atom is 0.173 e. The quantitative estimate of drug-likeness (QED) is 0.226. The maximum atomic E-state index is 10.2. The molecular formula is C6H13N5O2. The fraction of sp³-hybridized carbons (Fsp3) is 1.00. The third kappa shape index (κ3) is 4.86. The van der Waals surface area contributed by atoms with E-state index < -0.39 is 10.7 Å². The molecule has 7 heteroatoms. The topological polar surface area (TPSA) is 104 Å². The molecule has 0 spiro atoms. The van der Waals surface area contributed by atoms with Gasteiger partial charge in [0.25, 0.3) is 0 Å². The molecule has 0 rings (SSSR count). The highest BCUT2D eigenvalue weighted by Crippen LogP contribution is 2.15. The van der Waals surface area contributed by atoms with Crippen molar-refractivity contribution in [3.8, 4) is 0 Å². The molecule has 0 aromatic rings. The van der Waals surface area contributed by atoms with Gasteiger partial charge in [-0.1, -0.05) is 24.9 Å². The predicted octanol–water partition coefficient (Wildman–Crippen LogP) is 1.98. The first-order valence-electron chi connectivity index (χ1n) is 4.02. The van der Waals surface area contributed by atoms with E-state index in [9.17, 15) is 10.1 Å². The number of rotatable bonds is 6. The molecule has 1 N–H and O–H groups in total. The van der Waals surface area contributed by atoms with Gasteiger partial charge in [0, 0.05) is 4.91 Å². The van der Waals surface area contributed by atoms with Gasteiger partial charge in [0.2, 0.25) is 0 Å². The number of hydrazine groups is 1. The smallest absolute Gasteiger partial charge is 0.173 e. The third-order valence-electron chi connectivity index (χ3n) is 1.61. The molecule has 0 aliphatic carbocycles. The summed E-state index contributed by atoms with van der Waals surface area (Å²) in [6.45, 7) is 3.47. The van der Waals surface area contributed by atoms with Crippen molar-refractivity contribution in [2.75, 3.05) is 0 Å². The van der Waals surface area contributed by atoms with Crippen LogP contribution in [0.2, 0.25) is 0 Å². The molecule has 0 saturated heterocycles. The number of hydrogen-bond acceptors (Lipinski definition) is 3. The molecule has 13 heavy (non-hydrogen) atoms. The van der Waals surface area contributed by atoms with Crippen LogP contribution >= 0.6 is 0 Å². The van der Waals surface area contributed by atoms with Crippen molar-refractivity contribution in [1.82, 2.24) is 5.43 Å². The van der Waals surface area contributed by atoms with E-state index in [2.05, 4.69) is 10.0 Å². The molecule has 0 radical (unpaired) electrons. The molecule has 0 aliphatic heterocycles. The minimum absolute atomic E-state index is 0.453. The summed E-state index contributed by atoms with van der Waals surface area (Å²) in [5.41, 5.74) is 9.09. The van der Waals surface area contributed by atoms with Crippen molar-refractivity contribution >= 4 is 0 Å². The maximum absolute atomic E-state index is 10.2. The van der Waals surface area contributed by atoms with Crippen molar-refractivity contribution < 1.29 is 5.03 Å². The number of unbranched alkanes of at least 4 members (excludes halogenated alkanes) is 1. The second-order valence-corrected chi connectivity index (χ2v) is 2.94. The molecule has 0 bridgehead atoms. The van der Waals surface area contributed by atoms with Crippen LogP contribution in [-0.2, 0) is 0 Å². The normalized spacial score (nSPS) is 14.0. The zero-order valence-electron chi connectivity index (χ0n) is 7.73. The fourth-order valence-electron chi connectivity index (χ4n) is 0.945. The van der Waals surface area contributed by atoms with Gasteiger partial charge in [0.05, 0.1) is 0 Å². The van der Waals surface area contributed by atoms with Gasteiger partial charge >= 0.3 is 0 Å².